The number of para-hydroxylation sites is 1. The van der Waals surface area contributed by atoms with E-state index in [0.717, 1.165) is 60.1 Å². The van der Waals surface area contributed by atoms with Crippen molar-refractivity contribution in [2.45, 2.75) is 20.4 Å². The maximum atomic E-state index is 6.32. The number of aliphatic imine (C=N–C) groups is 1. The Bertz CT molecular complexity index is 756. The molecule has 1 aromatic carbocycles. The molecule has 0 amide bonds. The van der Waals surface area contributed by atoms with E-state index < -0.39 is 0 Å². The Hall–Kier alpha value is -1.06. The standard InChI is InChI=1S/C18H24ClN5S.HI/c1-13-17(25-14(2)22-13)12-21-18(20-3)24-10-8-23(9-11-24)16-7-5-4-6-15(16)19;/h4-7H,8-12H2,1-3H3,(H,20,21);1H. The lowest BCUT2D eigenvalue weighted by Crippen LogP contribution is -2.52. The van der Waals surface area contributed by atoms with E-state index in [4.69, 9.17) is 11.6 Å². The normalized spacial score (nSPS) is 15.0. The molecule has 26 heavy (non-hydrogen) atoms. The molecule has 0 atom stereocenters. The van der Waals surface area contributed by atoms with E-state index in [1.165, 1.54) is 4.88 Å². The second kappa shape index (κ2) is 9.75. The number of halogens is 2. The third-order valence-electron chi connectivity index (χ3n) is 4.39. The maximum absolute atomic E-state index is 6.32. The number of hydrogen-bond acceptors (Lipinski definition) is 4. The highest BCUT2D eigenvalue weighted by molar-refractivity contribution is 14.0. The molecule has 0 bridgehead atoms. The van der Waals surface area contributed by atoms with Gasteiger partial charge < -0.3 is 15.1 Å². The van der Waals surface area contributed by atoms with E-state index in [2.05, 4.69) is 38.1 Å². The van der Waals surface area contributed by atoms with E-state index in [1.807, 2.05) is 32.2 Å². The first-order valence-electron chi connectivity index (χ1n) is 8.46. The Morgan fingerprint density at radius 1 is 1.23 bits per heavy atom. The largest absolute Gasteiger partial charge is 0.367 e. The zero-order valence-electron chi connectivity index (χ0n) is 15.3. The van der Waals surface area contributed by atoms with Crippen LogP contribution in [-0.2, 0) is 6.54 Å². The minimum absolute atomic E-state index is 0. The zero-order valence-corrected chi connectivity index (χ0v) is 19.2. The predicted octanol–water partition coefficient (Wildman–Crippen LogP) is 3.93. The summed E-state index contributed by atoms with van der Waals surface area (Å²) >= 11 is 8.06. The van der Waals surface area contributed by atoms with Gasteiger partial charge in [-0.25, -0.2) is 4.98 Å². The summed E-state index contributed by atoms with van der Waals surface area (Å²) in [6.45, 7) is 8.59. The highest BCUT2D eigenvalue weighted by Crippen LogP contribution is 2.26. The van der Waals surface area contributed by atoms with Crippen molar-refractivity contribution in [3.63, 3.8) is 0 Å². The van der Waals surface area contributed by atoms with Crippen molar-refractivity contribution in [2.24, 2.45) is 4.99 Å². The number of nitrogens with zero attached hydrogens (tertiary/aromatic N) is 4. The summed E-state index contributed by atoms with van der Waals surface area (Å²) in [6.07, 6.45) is 0. The van der Waals surface area contributed by atoms with Crippen molar-refractivity contribution < 1.29 is 0 Å². The SMILES string of the molecule is CN=C(NCc1sc(C)nc1C)N1CCN(c2ccccc2Cl)CC1.I. The van der Waals surface area contributed by atoms with Crippen LogP contribution in [0.25, 0.3) is 0 Å². The molecule has 2 aromatic rings. The predicted molar refractivity (Wildman–Crippen MR) is 122 cm³/mol. The van der Waals surface area contributed by atoms with Gasteiger partial charge in [-0.3, -0.25) is 4.99 Å². The number of aromatic nitrogens is 1. The molecule has 2 heterocycles. The number of piperazine rings is 1. The molecule has 0 unspecified atom stereocenters. The lowest BCUT2D eigenvalue weighted by Gasteiger charge is -2.38. The molecule has 1 saturated heterocycles. The minimum Gasteiger partial charge on any atom is -0.367 e. The number of benzene rings is 1. The van der Waals surface area contributed by atoms with Crippen molar-refractivity contribution in [2.75, 3.05) is 38.1 Å². The fourth-order valence-electron chi connectivity index (χ4n) is 3.10. The number of rotatable bonds is 3. The summed E-state index contributed by atoms with van der Waals surface area (Å²) in [5.74, 6) is 0.948. The van der Waals surface area contributed by atoms with E-state index in [-0.39, 0.29) is 24.0 Å². The molecular weight excluding hydrogens is 481 g/mol. The van der Waals surface area contributed by atoms with Crippen LogP contribution >= 0.6 is 46.9 Å². The smallest absolute Gasteiger partial charge is 0.194 e. The average molecular weight is 506 g/mol. The van der Waals surface area contributed by atoms with Crippen molar-refractivity contribution >= 4 is 58.6 Å². The molecule has 0 spiro atoms. The molecular formula is C18H25ClIN5S. The summed E-state index contributed by atoms with van der Waals surface area (Å²) in [5, 5.41) is 5.40. The molecule has 3 rings (SSSR count). The van der Waals surface area contributed by atoms with E-state index in [0.29, 0.717) is 0 Å². The van der Waals surface area contributed by atoms with Gasteiger partial charge in [0.1, 0.15) is 0 Å². The van der Waals surface area contributed by atoms with Crippen LogP contribution in [0.5, 0.6) is 0 Å². The van der Waals surface area contributed by atoms with Crippen LogP contribution in [0.2, 0.25) is 5.02 Å². The van der Waals surface area contributed by atoms with Crippen LogP contribution in [0.3, 0.4) is 0 Å². The maximum Gasteiger partial charge on any atom is 0.194 e. The van der Waals surface area contributed by atoms with Gasteiger partial charge in [-0.1, -0.05) is 23.7 Å². The third-order valence-corrected chi connectivity index (χ3v) is 5.78. The molecule has 1 aliphatic rings. The van der Waals surface area contributed by atoms with Gasteiger partial charge in [-0.05, 0) is 26.0 Å². The van der Waals surface area contributed by atoms with Crippen molar-refractivity contribution in [3.05, 3.63) is 44.9 Å². The number of anilines is 1. The second-order valence-electron chi connectivity index (χ2n) is 6.07. The molecule has 5 nitrogen and oxygen atoms in total. The van der Waals surface area contributed by atoms with E-state index >= 15 is 0 Å². The Balaban J connectivity index is 0.00000243. The summed E-state index contributed by atoms with van der Waals surface area (Å²) in [5.41, 5.74) is 2.22. The third kappa shape index (κ3) is 5.01. The molecule has 1 N–H and O–H groups in total. The van der Waals surface area contributed by atoms with Crippen LogP contribution in [-0.4, -0.2) is 49.1 Å². The lowest BCUT2D eigenvalue weighted by molar-refractivity contribution is 0.372. The summed E-state index contributed by atoms with van der Waals surface area (Å²) in [6, 6.07) is 8.04. The molecule has 0 saturated carbocycles. The first-order valence-corrected chi connectivity index (χ1v) is 9.66. The van der Waals surface area contributed by atoms with Crippen molar-refractivity contribution in [1.29, 1.82) is 0 Å². The first-order chi connectivity index (χ1) is 12.1. The Morgan fingerprint density at radius 3 is 2.50 bits per heavy atom. The highest BCUT2D eigenvalue weighted by Gasteiger charge is 2.21. The van der Waals surface area contributed by atoms with Gasteiger partial charge in [0.2, 0.25) is 0 Å². The van der Waals surface area contributed by atoms with Crippen LogP contribution < -0.4 is 10.2 Å². The quantitative estimate of drug-likeness (QED) is 0.390. The zero-order chi connectivity index (χ0) is 17.8. The van der Waals surface area contributed by atoms with Crippen LogP contribution in [0.1, 0.15) is 15.6 Å². The van der Waals surface area contributed by atoms with Gasteiger partial charge in [0.05, 0.1) is 28.0 Å². The molecule has 1 aliphatic heterocycles. The molecule has 0 aliphatic carbocycles. The molecule has 0 radical (unpaired) electrons. The molecule has 8 heteroatoms. The van der Waals surface area contributed by atoms with E-state index in [1.54, 1.807) is 11.3 Å². The summed E-state index contributed by atoms with van der Waals surface area (Å²) < 4.78 is 0. The number of guanidine groups is 1. The van der Waals surface area contributed by atoms with Gasteiger partial charge in [-0.2, -0.15) is 0 Å². The van der Waals surface area contributed by atoms with Gasteiger partial charge in [0.15, 0.2) is 5.96 Å². The highest BCUT2D eigenvalue weighted by atomic mass is 127. The number of hydrogen-bond donors (Lipinski definition) is 1. The summed E-state index contributed by atoms with van der Waals surface area (Å²) in [4.78, 5) is 14.8. The van der Waals surface area contributed by atoms with Gasteiger partial charge >= 0.3 is 0 Å². The molecule has 142 valence electrons. The van der Waals surface area contributed by atoms with Crippen LogP contribution in [0.15, 0.2) is 29.3 Å². The molecule has 1 fully saturated rings. The lowest BCUT2D eigenvalue weighted by atomic mass is 10.2. The number of nitrogens with one attached hydrogen (secondary N) is 1. The Morgan fingerprint density at radius 2 is 1.92 bits per heavy atom. The second-order valence-corrected chi connectivity index (χ2v) is 7.76. The molecule has 1 aromatic heterocycles. The monoisotopic (exact) mass is 505 g/mol. The Labute approximate surface area is 181 Å². The van der Waals surface area contributed by atoms with Gasteiger partial charge in [0, 0.05) is 38.1 Å². The summed E-state index contributed by atoms with van der Waals surface area (Å²) in [7, 11) is 1.84. The number of aryl methyl sites for hydroxylation is 2. The minimum atomic E-state index is 0. The first kappa shape index (κ1) is 21.2. The topological polar surface area (TPSA) is 43.8 Å². The van der Waals surface area contributed by atoms with Gasteiger partial charge in [-0.15, -0.1) is 35.3 Å². The van der Waals surface area contributed by atoms with Gasteiger partial charge in [0.25, 0.3) is 0 Å². The van der Waals surface area contributed by atoms with E-state index in [9.17, 15) is 0 Å². The Kier molecular flexibility index (Phi) is 7.97. The van der Waals surface area contributed by atoms with Crippen LogP contribution in [0, 0.1) is 13.8 Å². The number of thiazole rings is 1. The average Bonchev–Trinajstić information content (AvgIpc) is 2.94. The van der Waals surface area contributed by atoms with Crippen molar-refractivity contribution in [3.8, 4) is 0 Å². The fraction of sp³-hybridized carbons (Fsp3) is 0.444. The van der Waals surface area contributed by atoms with Crippen molar-refractivity contribution in [1.82, 2.24) is 15.2 Å². The fourth-order valence-corrected chi connectivity index (χ4v) is 4.23. The van der Waals surface area contributed by atoms with Crippen LogP contribution in [0.4, 0.5) is 5.69 Å².